The summed E-state index contributed by atoms with van der Waals surface area (Å²) in [6, 6.07) is 15.1. The quantitative estimate of drug-likeness (QED) is 0.667. The van der Waals surface area contributed by atoms with E-state index in [1.165, 1.54) is 0 Å². The maximum atomic E-state index is 12.1. The molecule has 102 valence electrons. The number of carbonyl (C=O) groups is 1. The molecule has 0 atom stereocenters. The average Bonchev–Trinajstić information content (AvgIpc) is 2.48. The Hall–Kier alpha value is -2.62. The molecule has 1 aromatic heterocycles. The normalized spacial score (nSPS) is 10.1. The van der Waals surface area contributed by atoms with E-state index >= 15 is 0 Å². The van der Waals surface area contributed by atoms with Crippen molar-refractivity contribution >= 4 is 27.8 Å². The number of hydrogen-bond donors (Lipinski definition) is 2. The first kappa shape index (κ1) is 13.8. The van der Waals surface area contributed by atoms with E-state index in [-0.39, 0.29) is 11.8 Å². The molecular formula is C16H15NO3. The predicted molar refractivity (Wildman–Crippen MR) is 80.0 cm³/mol. The summed E-state index contributed by atoms with van der Waals surface area (Å²) in [6.45, 7) is 1.60. The molecule has 0 amide bonds. The lowest BCUT2D eigenvalue weighted by Gasteiger charge is -2.01. The third kappa shape index (κ3) is 2.85. The molecule has 2 aromatic carbocycles. The van der Waals surface area contributed by atoms with Gasteiger partial charge in [-0.2, -0.15) is 0 Å². The zero-order valence-electron chi connectivity index (χ0n) is 11.1. The maximum Gasteiger partial charge on any atom is 0.303 e. The number of carboxylic acid groups (broad SMARTS) is 1. The Labute approximate surface area is 115 Å². The van der Waals surface area contributed by atoms with E-state index in [1.807, 2.05) is 48.5 Å². The lowest BCUT2D eigenvalue weighted by Crippen LogP contribution is -2.03. The molecule has 3 rings (SSSR count). The number of hydrogen-bond acceptors (Lipinski definition) is 2. The van der Waals surface area contributed by atoms with Crippen molar-refractivity contribution in [1.82, 2.24) is 4.98 Å². The number of pyridine rings is 1. The van der Waals surface area contributed by atoms with Gasteiger partial charge in [0, 0.05) is 28.2 Å². The zero-order chi connectivity index (χ0) is 14.5. The summed E-state index contributed by atoms with van der Waals surface area (Å²) < 4.78 is 0. The smallest absolute Gasteiger partial charge is 0.303 e. The fourth-order valence-electron chi connectivity index (χ4n) is 1.87. The van der Waals surface area contributed by atoms with Crippen molar-refractivity contribution in [3.8, 4) is 0 Å². The third-order valence-corrected chi connectivity index (χ3v) is 2.92. The molecule has 20 heavy (non-hydrogen) atoms. The van der Waals surface area contributed by atoms with E-state index in [9.17, 15) is 9.59 Å². The molecule has 2 N–H and O–H groups in total. The second kappa shape index (κ2) is 6.02. The van der Waals surface area contributed by atoms with Gasteiger partial charge >= 0.3 is 5.97 Å². The molecule has 4 nitrogen and oxygen atoms in total. The van der Waals surface area contributed by atoms with Crippen LogP contribution in [0.15, 0.2) is 53.3 Å². The Bertz CT molecular complexity index is 748. The van der Waals surface area contributed by atoms with Crippen LogP contribution < -0.4 is 5.43 Å². The molecule has 1 heterocycles. The van der Waals surface area contributed by atoms with Gasteiger partial charge in [-0.15, -0.1) is 0 Å². The van der Waals surface area contributed by atoms with E-state index in [0.717, 1.165) is 21.8 Å². The van der Waals surface area contributed by atoms with E-state index in [4.69, 9.17) is 5.11 Å². The van der Waals surface area contributed by atoms with Crippen molar-refractivity contribution in [2.24, 2.45) is 0 Å². The summed E-state index contributed by atoms with van der Waals surface area (Å²) in [5.74, 6) is -0.745. The highest BCUT2D eigenvalue weighted by Crippen LogP contribution is 2.13. The number of benzene rings is 2. The van der Waals surface area contributed by atoms with Crippen LogP contribution in [-0.4, -0.2) is 16.1 Å². The molecule has 3 aromatic rings. The van der Waals surface area contributed by atoms with Crippen molar-refractivity contribution in [3.05, 3.63) is 58.8 Å². The van der Waals surface area contributed by atoms with Crippen LogP contribution in [0.3, 0.4) is 0 Å². The summed E-state index contributed by atoms with van der Waals surface area (Å²) in [5.41, 5.74) is 1.88. The van der Waals surface area contributed by atoms with Gasteiger partial charge in [0.25, 0.3) is 0 Å². The zero-order valence-corrected chi connectivity index (χ0v) is 11.1. The van der Waals surface area contributed by atoms with Crippen LogP contribution in [0.1, 0.15) is 13.3 Å². The minimum absolute atomic E-state index is 0.0972. The van der Waals surface area contributed by atoms with Gasteiger partial charge in [-0.3, -0.25) is 9.59 Å². The molecule has 0 saturated heterocycles. The molecule has 0 radical (unpaired) electrons. The molecule has 0 saturated carbocycles. The Morgan fingerprint density at radius 3 is 1.80 bits per heavy atom. The fraction of sp³-hybridized carbons (Fsp3) is 0.125. The van der Waals surface area contributed by atoms with Gasteiger partial charge < -0.3 is 10.1 Å². The molecule has 4 heteroatoms. The van der Waals surface area contributed by atoms with Crippen molar-refractivity contribution < 1.29 is 9.90 Å². The number of fused-ring (bicyclic) bond motifs is 2. The highest BCUT2D eigenvalue weighted by atomic mass is 16.4. The second-order valence-electron chi connectivity index (χ2n) is 4.29. The largest absolute Gasteiger partial charge is 0.481 e. The summed E-state index contributed by atoms with van der Waals surface area (Å²) in [5, 5.41) is 9.22. The average molecular weight is 269 g/mol. The standard InChI is InChI=1S/C13H9NO.C3H6O2/c15-13-9-5-1-3-7-11(9)14-12-8-4-2-6-10(12)13;1-2-3(4)5/h1-8H,(H,14,15);2H2,1H3,(H,4,5). The SMILES string of the molecule is CCC(=O)O.O=c1c2ccccc2[nH]c2ccccc12. The van der Waals surface area contributed by atoms with Gasteiger partial charge in [0.2, 0.25) is 0 Å². The van der Waals surface area contributed by atoms with Gasteiger partial charge in [0.05, 0.1) is 0 Å². The molecule has 0 unspecified atom stereocenters. The maximum absolute atomic E-state index is 12.1. The summed E-state index contributed by atoms with van der Waals surface area (Å²) >= 11 is 0. The molecule has 0 spiro atoms. The summed E-state index contributed by atoms with van der Waals surface area (Å²) in [4.78, 5) is 24.7. The van der Waals surface area contributed by atoms with Crippen LogP contribution in [-0.2, 0) is 4.79 Å². The van der Waals surface area contributed by atoms with Crippen LogP contribution in [0.4, 0.5) is 0 Å². The number of aromatic nitrogens is 1. The topological polar surface area (TPSA) is 70.2 Å². The lowest BCUT2D eigenvalue weighted by atomic mass is 10.1. The Morgan fingerprint density at radius 1 is 1.00 bits per heavy atom. The number of nitrogens with one attached hydrogen (secondary N) is 1. The number of rotatable bonds is 1. The number of H-pyrrole nitrogens is 1. The number of carboxylic acids is 1. The van der Waals surface area contributed by atoms with Crippen LogP contribution in [0.25, 0.3) is 21.8 Å². The van der Waals surface area contributed by atoms with Crippen LogP contribution in [0.2, 0.25) is 0 Å². The first-order valence-electron chi connectivity index (χ1n) is 6.35. The van der Waals surface area contributed by atoms with Crippen LogP contribution >= 0.6 is 0 Å². The summed E-state index contributed by atoms with van der Waals surface area (Å²) in [7, 11) is 0. The molecule has 0 bridgehead atoms. The molecule has 0 aliphatic heterocycles. The monoisotopic (exact) mass is 269 g/mol. The minimum atomic E-state index is -0.745. The number of aromatic amines is 1. The van der Waals surface area contributed by atoms with E-state index < -0.39 is 5.97 Å². The van der Waals surface area contributed by atoms with Crippen LogP contribution in [0, 0.1) is 0 Å². The molecule has 0 fully saturated rings. The van der Waals surface area contributed by atoms with E-state index in [1.54, 1.807) is 6.92 Å². The Balaban J connectivity index is 0.000000257. The van der Waals surface area contributed by atoms with Crippen molar-refractivity contribution in [2.75, 3.05) is 0 Å². The highest BCUT2D eigenvalue weighted by Gasteiger charge is 2.02. The van der Waals surface area contributed by atoms with E-state index in [2.05, 4.69) is 4.98 Å². The van der Waals surface area contributed by atoms with Crippen molar-refractivity contribution in [3.63, 3.8) is 0 Å². The highest BCUT2D eigenvalue weighted by molar-refractivity contribution is 5.92. The Kier molecular flexibility index (Phi) is 4.15. The first-order chi connectivity index (χ1) is 9.63. The summed E-state index contributed by atoms with van der Waals surface area (Å²) in [6.07, 6.45) is 0.222. The minimum Gasteiger partial charge on any atom is -0.481 e. The van der Waals surface area contributed by atoms with Gasteiger partial charge in [0.1, 0.15) is 0 Å². The van der Waals surface area contributed by atoms with Gasteiger partial charge in [-0.1, -0.05) is 31.2 Å². The first-order valence-corrected chi connectivity index (χ1v) is 6.35. The third-order valence-electron chi connectivity index (χ3n) is 2.92. The number of aliphatic carboxylic acids is 1. The lowest BCUT2D eigenvalue weighted by molar-refractivity contribution is -0.136. The van der Waals surface area contributed by atoms with Gasteiger partial charge in [0.15, 0.2) is 5.43 Å². The number of para-hydroxylation sites is 2. The fourth-order valence-corrected chi connectivity index (χ4v) is 1.87. The second-order valence-corrected chi connectivity index (χ2v) is 4.29. The Morgan fingerprint density at radius 2 is 1.40 bits per heavy atom. The van der Waals surface area contributed by atoms with Gasteiger partial charge in [-0.05, 0) is 24.3 Å². The van der Waals surface area contributed by atoms with E-state index in [0.29, 0.717) is 0 Å². The van der Waals surface area contributed by atoms with Crippen LogP contribution in [0.5, 0.6) is 0 Å². The molecule has 0 aliphatic rings. The van der Waals surface area contributed by atoms with Crippen molar-refractivity contribution in [1.29, 1.82) is 0 Å². The van der Waals surface area contributed by atoms with Crippen molar-refractivity contribution in [2.45, 2.75) is 13.3 Å². The molecular weight excluding hydrogens is 254 g/mol. The predicted octanol–water partition coefficient (Wildman–Crippen LogP) is 3.16. The molecule has 0 aliphatic carbocycles. The van der Waals surface area contributed by atoms with Gasteiger partial charge in [-0.25, -0.2) is 0 Å².